The van der Waals surface area contributed by atoms with Crippen molar-refractivity contribution in [1.82, 2.24) is 0 Å². The zero-order valence-electron chi connectivity index (χ0n) is 12.4. The van der Waals surface area contributed by atoms with Crippen molar-refractivity contribution in [2.24, 2.45) is 5.73 Å². The fourth-order valence-electron chi connectivity index (χ4n) is 1.67. The van der Waals surface area contributed by atoms with Gasteiger partial charge in [0.1, 0.15) is 5.82 Å². The SMILES string of the molecule is CC(C)=N.Cc1ccc(-c2ccc(C(N)=O)cc2)c(F)c1. The molecule has 0 unspecified atom stereocenters. The molecule has 0 saturated carbocycles. The van der Waals surface area contributed by atoms with E-state index in [1.54, 1.807) is 44.2 Å². The molecule has 110 valence electrons. The number of halogens is 1. The van der Waals surface area contributed by atoms with Gasteiger partial charge in [-0.25, -0.2) is 4.39 Å². The summed E-state index contributed by atoms with van der Waals surface area (Å²) in [4.78, 5) is 10.9. The van der Waals surface area contributed by atoms with Gasteiger partial charge < -0.3 is 11.1 Å². The molecule has 0 fully saturated rings. The van der Waals surface area contributed by atoms with Gasteiger partial charge in [-0.05, 0) is 50.1 Å². The zero-order valence-corrected chi connectivity index (χ0v) is 12.4. The van der Waals surface area contributed by atoms with Gasteiger partial charge in [-0.3, -0.25) is 4.79 Å². The highest BCUT2D eigenvalue weighted by atomic mass is 19.1. The number of hydrogen-bond donors (Lipinski definition) is 2. The van der Waals surface area contributed by atoms with Gasteiger partial charge in [0.25, 0.3) is 0 Å². The maximum Gasteiger partial charge on any atom is 0.248 e. The molecule has 2 aromatic carbocycles. The number of carbonyl (C=O) groups is 1. The average Bonchev–Trinajstić information content (AvgIpc) is 2.38. The highest BCUT2D eigenvalue weighted by Gasteiger charge is 2.06. The number of nitrogens with one attached hydrogen (secondary N) is 1. The third kappa shape index (κ3) is 5.18. The largest absolute Gasteiger partial charge is 0.366 e. The Morgan fingerprint density at radius 2 is 1.62 bits per heavy atom. The number of amides is 1. The summed E-state index contributed by atoms with van der Waals surface area (Å²) in [6.45, 7) is 5.34. The van der Waals surface area contributed by atoms with Crippen LogP contribution in [0.15, 0.2) is 42.5 Å². The molecule has 21 heavy (non-hydrogen) atoms. The van der Waals surface area contributed by atoms with E-state index in [0.29, 0.717) is 16.8 Å². The number of carbonyl (C=O) groups excluding carboxylic acids is 1. The topological polar surface area (TPSA) is 66.9 Å². The molecule has 0 aliphatic heterocycles. The van der Waals surface area contributed by atoms with Crippen molar-refractivity contribution in [3.63, 3.8) is 0 Å². The van der Waals surface area contributed by atoms with Gasteiger partial charge in [-0.2, -0.15) is 0 Å². The predicted octanol–water partition coefficient (Wildman–Crippen LogP) is 3.95. The van der Waals surface area contributed by atoms with Gasteiger partial charge in [0.2, 0.25) is 5.91 Å². The van der Waals surface area contributed by atoms with E-state index in [9.17, 15) is 9.18 Å². The number of benzene rings is 2. The first-order valence-electron chi connectivity index (χ1n) is 6.49. The number of primary amides is 1. The molecule has 4 heteroatoms. The van der Waals surface area contributed by atoms with Crippen molar-refractivity contribution in [1.29, 1.82) is 5.41 Å². The van der Waals surface area contributed by atoms with Crippen LogP contribution in [-0.2, 0) is 0 Å². The Morgan fingerprint density at radius 3 is 2.05 bits per heavy atom. The second-order valence-corrected chi connectivity index (χ2v) is 4.92. The lowest BCUT2D eigenvalue weighted by molar-refractivity contribution is 0.100. The van der Waals surface area contributed by atoms with Crippen LogP contribution in [0.5, 0.6) is 0 Å². The fraction of sp³-hybridized carbons (Fsp3) is 0.176. The smallest absolute Gasteiger partial charge is 0.248 e. The van der Waals surface area contributed by atoms with Crippen LogP contribution in [0.3, 0.4) is 0 Å². The van der Waals surface area contributed by atoms with E-state index in [1.165, 1.54) is 6.07 Å². The first-order chi connectivity index (χ1) is 9.81. The zero-order chi connectivity index (χ0) is 16.0. The molecular formula is C17H19FN2O. The number of rotatable bonds is 2. The van der Waals surface area contributed by atoms with Crippen LogP contribution < -0.4 is 5.73 Å². The molecule has 0 aromatic heterocycles. The molecule has 1 amide bonds. The molecule has 2 rings (SSSR count). The van der Waals surface area contributed by atoms with Gasteiger partial charge in [0, 0.05) is 16.8 Å². The number of nitrogens with two attached hydrogens (primary N) is 1. The summed E-state index contributed by atoms with van der Waals surface area (Å²) in [6.07, 6.45) is 0. The highest BCUT2D eigenvalue weighted by Crippen LogP contribution is 2.23. The standard InChI is InChI=1S/C14H12FNO.C3H7N/c1-9-2-7-12(13(15)8-9)10-3-5-11(6-4-10)14(16)17;1-3(2)4/h2-8H,1H3,(H2,16,17);4H,1-2H3. The molecule has 0 spiro atoms. The third-order valence-electron chi connectivity index (χ3n) is 2.61. The minimum absolute atomic E-state index is 0.267. The van der Waals surface area contributed by atoms with Crippen molar-refractivity contribution in [3.05, 3.63) is 59.4 Å². The van der Waals surface area contributed by atoms with Crippen LogP contribution >= 0.6 is 0 Å². The first kappa shape index (κ1) is 16.6. The number of aryl methyl sites for hydroxylation is 1. The Bertz CT molecular complexity index is 644. The van der Waals surface area contributed by atoms with Gasteiger partial charge in [0.15, 0.2) is 0 Å². The molecule has 0 radical (unpaired) electrons. The Hall–Kier alpha value is -2.49. The quantitative estimate of drug-likeness (QED) is 0.807. The molecule has 0 heterocycles. The van der Waals surface area contributed by atoms with E-state index in [4.69, 9.17) is 11.1 Å². The fourth-order valence-corrected chi connectivity index (χ4v) is 1.67. The summed E-state index contributed by atoms with van der Waals surface area (Å²) in [7, 11) is 0. The molecule has 2 aromatic rings. The summed E-state index contributed by atoms with van der Waals surface area (Å²) in [5, 5.41) is 6.50. The molecule has 0 atom stereocenters. The Labute approximate surface area is 124 Å². The van der Waals surface area contributed by atoms with Gasteiger partial charge in [0.05, 0.1) is 0 Å². The summed E-state index contributed by atoms with van der Waals surface area (Å²) >= 11 is 0. The minimum atomic E-state index is -0.485. The van der Waals surface area contributed by atoms with E-state index >= 15 is 0 Å². The maximum absolute atomic E-state index is 13.7. The predicted molar refractivity (Wildman–Crippen MR) is 84.2 cm³/mol. The molecule has 0 aliphatic carbocycles. The third-order valence-corrected chi connectivity index (χ3v) is 2.61. The van der Waals surface area contributed by atoms with E-state index in [2.05, 4.69) is 0 Å². The van der Waals surface area contributed by atoms with Crippen molar-refractivity contribution in [2.75, 3.05) is 0 Å². The summed E-state index contributed by atoms with van der Waals surface area (Å²) in [5.41, 5.74) is 8.35. The van der Waals surface area contributed by atoms with Crippen molar-refractivity contribution < 1.29 is 9.18 Å². The molecule has 0 aliphatic rings. The highest BCUT2D eigenvalue weighted by molar-refractivity contribution is 5.93. The summed E-state index contributed by atoms with van der Waals surface area (Å²) < 4.78 is 13.7. The number of hydrogen-bond acceptors (Lipinski definition) is 2. The van der Waals surface area contributed by atoms with E-state index in [-0.39, 0.29) is 5.82 Å². The van der Waals surface area contributed by atoms with Crippen molar-refractivity contribution >= 4 is 11.6 Å². The first-order valence-corrected chi connectivity index (χ1v) is 6.49. The summed E-state index contributed by atoms with van der Waals surface area (Å²) in [5.74, 6) is -0.752. The monoisotopic (exact) mass is 286 g/mol. The Kier molecular flexibility index (Phi) is 5.79. The molecule has 0 saturated heterocycles. The maximum atomic E-state index is 13.7. The van der Waals surface area contributed by atoms with Crippen LogP contribution in [0.1, 0.15) is 29.8 Å². The van der Waals surface area contributed by atoms with Crippen LogP contribution in [0.25, 0.3) is 11.1 Å². The molecule has 3 nitrogen and oxygen atoms in total. The lowest BCUT2D eigenvalue weighted by atomic mass is 10.0. The van der Waals surface area contributed by atoms with E-state index < -0.39 is 5.91 Å². The van der Waals surface area contributed by atoms with E-state index in [1.807, 2.05) is 13.0 Å². The normalized spacial score (nSPS) is 9.52. The average molecular weight is 286 g/mol. The molecule has 3 N–H and O–H groups in total. The lowest BCUT2D eigenvalue weighted by Gasteiger charge is -2.05. The molecular weight excluding hydrogens is 267 g/mol. The lowest BCUT2D eigenvalue weighted by Crippen LogP contribution is -2.10. The summed E-state index contributed by atoms with van der Waals surface area (Å²) in [6, 6.07) is 11.6. The van der Waals surface area contributed by atoms with Crippen LogP contribution in [0.2, 0.25) is 0 Å². The van der Waals surface area contributed by atoms with Gasteiger partial charge in [-0.15, -0.1) is 0 Å². The van der Waals surface area contributed by atoms with E-state index in [0.717, 1.165) is 11.1 Å². The Balaban J connectivity index is 0.000000491. The second-order valence-electron chi connectivity index (χ2n) is 4.92. The van der Waals surface area contributed by atoms with Crippen molar-refractivity contribution in [2.45, 2.75) is 20.8 Å². The van der Waals surface area contributed by atoms with Crippen LogP contribution in [0.4, 0.5) is 4.39 Å². The molecule has 0 bridgehead atoms. The van der Waals surface area contributed by atoms with Crippen LogP contribution in [0, 0.1) is 18.2 Å². The van der Waals surface area contributed by atoms with Gasteiger partial charge in [-0.1, -0.05) is 24.3 Å². The Morgan fingerprint density at radius 1 is 1.10 bits per heavy atom. The van der Waals surface area contributed by atoms with Crippen LogP contribution in [-0.4, -0.2) is 11.6 Å². The minimum Gasteiger partial charge on any atom is -0.366 e. The van der Waals surface area contributed by atoms with Gasteiger partial charge >= 0.3 is 0 Å². The van der Waals surface area contributed by atoms with Crippen molar-refractivity contribution in [3.8, 4) is 11.1 Å². The second kappa shape index (κ2) is 7.33.